The van der Waals surface area contributed by atoms with Gasteiger partial charge in [0.2, 0.25) is 5.95 Å². The third-order valence-electron chi connectivity index (χ3n) is 3.06. The van der Waals surface area contributed by atoms with Crippen LogP contribution in [0.5, 0.6) is 0 Å². The van der Waals surface area contributed by atoms with Crippen molar-refractivity contribution in [1.82, 2.24) is 15.0 Å². The molecule has 2 heterocycles. The third-order valence-corrected chi connectivity index (χ3v) is 3.69. The molecule has 3 rings (SSSR count). The first kappa shape index (κ1) is 13.8. The second kappa shape index (κ2) is 6.49. The van der Waals surface area contributed by atoms with Crippen LogP contribution >= 0.6 is 11.3 Å². The number of para-hydroxylation sites is 1. The molecule has 0 aliphatic carbocycles. The fraction of sp³-hybridized carbons (Fsp3) is 0.267. The Kier molecular flexibility index (Phi) is 4.25. The van der Waals surface area contributed by atoms with Crippen molar-refractivity contribution in [3.63, 3.8) is 0 Å². The number of anilines is 2. The summed E-state index contributed by atoms with van der Waals surface area (Å²) in [5.74, 6) is 1.50. The fourth-order valence-electron chi connectivity index (χ4n) is 2.03. The average Bonchev–Trinajstić information content (AvgIpc) is 3.04. The summed E-state index contributed by atoms with van der Waals surface area (Å²) in [5.41, 5.74) is 3.79. The van der Waals surface area contributed by atoms with Gasteiger partial charge in [-0.2, -0.15) is 4.98 Å². The molecule has 3 aromatic rings. The molecule has 5 nitrogen and oxygen atoms in total. The van der Waals surface area contributed by atoms with E-state index < -0.39 is 0 Å². The van der Waals surface area contributed by atoms with Crippen LogP contribution in [0, 0.1) is 0 Å². The molecule has 2 N–H and O–H groups in total. The van der Waals surface area contributed by atoms with Gasteiger partial charge in [-0.05, 0) is 18.6 Å². The van der Waals surface area contributed by atoms with E-state index in [2.05, 4.69) is 32.5 Å². The van der Waals surface area contributed by atoms with E-state index in [1.54, 1.807) is 11.3 Å². The second-order valence-electron chi connectivity index (χ2n) is 4.67. The Balaban J connectivity index is 1.90. The van der Waals surface area contributed by atoms with Gasteiger partial charge in [0.15, 0.2) is 0 Å². The Morgan fingerprint density at radius 2 is 2.05 bits per heavy atom. The zero-order valence-corrected chi connectivity index (χ0v) is 12.7. The van der Waals surface area contributed by atoms with Gasteiger partial charge in [0.05, 0.1) is 23.3 Å². The second-order valence-corrected chi connectivity index (χ2v) is 5.39. The molecule has 0 aliphatic heterocycles. The molecular weight excluding hydrogens is 282 g/mol. The van der Waals surface area contributed by atoms with Gasteiger partial charge in [-0.1, -0.05) is 19.1 Å². The molecule has 0 radical (unpaired) electrons. The molecule has 1 aromatic carbocycles. The average molecular weight is 299 g/mol. The van der Waals surface area contributed by atoms with Crippen molar-refractivity contribution >= 4 is 34.0 Å². The zero-order chi connectivity index (χ0) is 14.5. The quantitative estimate of drug-likeness (QED) is 0.729. The summed E-state index contributed by atoms with van der Waals surface area (Å²) < 4.78 is 0. The van der Waals surface area contributed by atoms with E-state index in [9.17, 15) is 0 Å². The van der Waals surface area contributed by atoms with Crippen molar-refractivity contribution in [2.75, 3.05) is 17.2 Å². The number of benzene rings is 1. The first-order valence-corrected chi connectivity index (χ1v) is 7.92. The summed E-state index contributed by atoms with van der Waals surface area (Å²) >= 11 is 1.60. The third kappa shape index (κ3) is 3.28. The minimum Gasteiger partial charge on any atom is -0.364 e. The zero-order valence-electron chi connectivity index (χ0n) is 11.8. The van der Waals surface area contributed by atoms with Gasteiger partial charge >= 0.3 is 0 Å². The molecule has 0 amide bonds. The van der Waals surface area contributed by atoms with Crippen molar-refractivity contribution < 1.29 is 0 Å². The number of rotatable bonds is 6. The molecule has 0 atom stereocenters. The van der Waals surface area contributed by atoms with Crippen LogP contribution in [0.3, 0.4) is 0 Å². The van der Waals surface area contributed by atoms with Crippen LogP contribution in [0.1, 0.15) is 19.0 Å². The Morgan fingerprint density at radius 1 is 1.14 bits per heavy atom. The normalized spacial score (nSPS) is 10.7. The highest BCUT2D eigenvalue weighted by atomic mass is 32.1. The van der Waals surface area contributed by atoms with Gasteiger partial charge in [0, 0.05) is 17.3 Å². The highest BCUT2D eigenvalue weighted by Crippen LogP contribution is 2.22. The smallest absolute Gasteiger partial charge is 0.225 e. The van der Waals surface area contributed by atoms with E-state index >= 15 is 0 Å². The maximum atomic E-state index is 4.58. The molecule has 0 unspecified atom stereocenters. The Hall–Kier alpha value is -2.21. The van der Waals surface area contributed by atoms with E-state index in [-0.39, 0.29) is 0 Å². The van der Waals surface area contributed by atoms with Crippen LogP contribution in [0.25, 0.3) is 10.9 Å². The maximum absolute atomic E-state index is 4.58. The fourth-order valence-corrected chi connectivity index (χ4v) is 2.58. The number of hydrogen-bond donors (Lipinski definition) is 2. The first-order chi connectivity index (χ1) is 10.4. The number of hydrogen-bond acceptors (Lipinski definition) is 6. The summed E-state index contributed by atoms with van der Waals surface area (Å²) in [7, 11) is 0. The van der Waals surface area contributed by atoms with E-state index in [1.807, 2.05) is 35.2 Å². The SMILES string of the molecule is CCCNc1nc(NCc2cscn2)c2ccccc2n1. The van der Waals surface area contributed by atoms with Crippen LogP contribution in [-0.2, 0) is 6.54 Å². The number of nitrogens with zero attached hydrogens (tertiary/aromatic N) is 3. The van der Waals surface area contributed by atoms with E-state index in [0.29, 0.717) is 12.5 Å². The Labute approximate surface area is 127 Å². The Bertz CT molecular complexity index is 711. The summed E-state index contributed by atoms with van der Waals surface area (Å²) in [4.78, 5) is 13.4. The molecule has 0 fully saturated rings. The first-order valence-electron chi connectivity index (χ1n) is 6.98. The summed E-state index contributed by atoms with van der Waals surface area (Å²) in [6.45, 7) is 3.65. The summed E-state index contributed by atoms with van der Waals surface area (Å²) in [6, 6.07) is 8.02. The van der Waals surface area contributed by atoms with Crippen molar-refractivity contribution in [2.45, 2.75) is 19.9 Å². The number of thiazole rings is 1. The standard InChI is InChI=1S/C15H17N5S/c1-2-7-16-15-19-13-6-4-3-5-12(13)14(20-15)17-8-11-9-21-10-18-11/h3-6,9-10H,2,7-8H2,1H3,(H2,16,17,19,20). The lowest BCUT2D eigenvalue weighted by Gasteiger charge is -2.10. The molecule has 0 aliphatic rings. The van der Waals surface area contributed by atoms with E-state index in [0.717, 1.165) is 35.4 Å². The lowest BCUT2D eigenvalue weighted by atomic mass is 10.2. The summed E-state index contributed by atoms with van der Waals surface area (Å²) in [6.07, 6.45) is 1.04. The van der Waals surface area contributed by atoms with E-state index in [4.69, 9.17) is 0 Å². The monoisotopic (exact) mass is 299 g/mol. The summed E-state index contributed by atoms with van der Waals surface area (Å²) in [5, 5.41) is 9.66. The van der Waals surface area contributed by atoms with Crippen LogP contribution in [-0.4, -0.2) is 21.5 Å². The number of fused-ring (bicyclic) bond motifs is 1. The van der Waals surface area contributed by atoms with Gasteiger partial charge in [0.1, 0.15) is 5.82 Å². The van der Waals surface area contributed by atoms with Crippen molar-refractivity contribution in [1.29, 1.82) is 0 Å². The molecular formula is C15H17N5S. The lowest BCUT2D eigenvalue weighted by molar-refractivity contribution is 0.954. The molecule has 0 saturated heterocycles. The largest absolute Gasteiger partial charge is 0.364 e. The lowest BCUT2D eigenvalue weighted by Crippen LogP contribution is -2.08. The maximum Gasteiger partial charge on any atom is 0.225 e. The topological polar surface area (TPSA) is 62.7 Å². The molecule has 108 valence electrons. The van der Waals surface area contributed by atoms with Crippen LogP contribution in [0.15, 0.2) is 35.2 Å². The van der Waals surface area contributed by atoms with Crippen molar-refractivity contribution in [3.05, 3.63) is 40.8 Å². The highest BCUT2D eigenvalue weighted by Gasteiger charge is 2.07. The van der Waals surface area contributed by atoms with Gasteiger partial charge in [0.25, 0.3) is 0 Å². The van der Waals surface area contributed by atoms with Crippen LogP contribution in [0.4, 0.5) is 11.8 Å². The molecule has 6 heteroatoms. The van der Waals surface area contributed by atoms with Crippen molar-refractivity contribution in [2.24, 2.45) is 0 Å². The molecule has 0 bridgehead atoms. The minimum absolute atomic E-state index is 0.663. The van der Waals surface area contributed by atoms with Gasteiger partial charge in [-0.25, -0.2) is 9.97 Å². The van der Waals surface area contributed by atoms with Crippen LogP contribution in [0.2, 0.25) is 0 Å². The molecule has 0 saturated carbocycles. The van der Waals surface area contributed by atoms with E-state index in [1.165, 1.54) is 0 Å². The van der Waals surface area contributed by atoms with Gasteiger partial charge in [-0.15, -0.1) is 11.3 Å². The predicted molar refractivity (Wildman–Crippen MR) is 87.8 cm³/mol. The molecule has 21 heavy (non-hydrogen) atoms. The number of aromatic nitrogens is 3. The van der Waals surface area contributed by atoms with Gasteiger partial charge < -0.3 is 10.6 Å². The van der Waals surface area contributed by atoms with Gasteiger partial charge in [-0.3, -0.25) is 0 Å². The minimum atomic E-state index is 0.663. The molecule has 0 spiro atoms. The Morgan fingerprint density at radius 3 is 2.86 bits per heavy atom. The molecule has 2 aromatic heterocycles. The van der Waals surface area contributed by atoms with Crippen LogP contribution < -0.4 is 10.6 Å². The number of nitrogens with one attached hydrogen (secondary N) is 2. The van der Waals surface area contributed by atoms with Crippen molar-refractivity contribution in [3.8, 4) is 0 Å². The predicted octanol–water partition coefficient (Wildman–Crippen LogP) is 3.52. The highest BCUT2D eigenvalue weighted by molar-refractivity contribution is 7.07.